The van der Waals surface area contributed by atoms with Crippen LogP contribution in [0.15, 0.2) is 23.1 Å². The van der Waals surface area contributed by atoms with Gasteiger partial charge in [0.25, 0.3) is 5.56 Å². The van der Waals surface area contributed by atoms with Crippen molar-refractivity contribution in [2.45, 2.75) is 27.3 Å². The third-order valence-corrected chi connectivity index (χ3v) is 3.59. The highest BCUT2D eigenvalue weighted by Crippen LogP contribution is 2.23. The van der Waals surface area contributed by atoms with Crippen molar-refractivity contribution in [3.8, 4) is 10.6 Å². The normalized spacial score (nSPS) is 10.9. The van der Waals surface area contributed by atoms with E-state index in [0.717, 1.165) is 11.7 Å². The van der Waals surface area contributed by atoms with Gasteiger partial charge in [0.2, 0.25) is 5.13 Å². The summed E-state index contributed by atoms with van der Waals surface area (Å²) in [6, 6.07) is 3.66. The lowest BCUT2D eigenvalue weighted by Gasteiger charge is -2.04. The van der Waals surface area contributed by atoms with Crippen molar-refractivity contribution in [2.75, 3.05) is 11.9 Å². The molecule has 0 radical (unpaired) electrons. The molecule has 19 heavy (non-hydrogen) atoms. The Kier molecular flexibility index (Phi) is 4.31. The van der Waals surface area contributed by atoms with Crippen molar-refractivity contribution in [3.63, 3.8) is 0 Å². The first-order chi connectivity index (χ1) is 9.11. The van der Waals surface area contributed by atoms with Crippen molar-refractivity contribution < 1.29 is 0 Å². The molecule has 2 heterocycles. The fraction of sp³-hybridized carbons (Fsp3) is 0.462. The van der Waals surface area contributed by atoms with E-state index in [1.165, 1.54) is 11.3 Å². The van der Waals surface area contributed by atoms with Crippen LogP contribution in [-0.4, -0.2) is 21.3 Å². The maximum absolute atomic E-state index is 12.2. The SMILES string of the molecule is CCn1cccc(-c2nnc(NCC(C)C)s2)c1=O. The number of aromatic nitrogens is 3. The van der Waals surface area contributed by atoms with Crippen LogP contribution >= 0.6 is 11.3 Å². The molecule has 0 saturated carbocycles. The summed E-state index contributed by atoms with van der Waals surface area (Å²) < 4.78 is 1.66. The third-order valence-electron chi connectivity index (χ3n) is 2.68. The maximum Gasteiger partial charge on any atom is 0.260 e. The largest absolute Gasteiger partial charge is 0.360 e. The summed E-state index contributed by atoms with van der Waals surface area (Å²) in [4.78, 5) is 12.2. The van der Waals surface area contributed by atoms with Gasteiger partial charge in [0.1, 0.15) is 0 Å². The second-order valence-corrected chi connectivity index (χ2v) is 5.68. The van der Waals surface area contributed by atoms with E-state index in [1.54, 1.807) is 16.8 Å². The molecule has 0 aliphatic heterocycles. The number of anilines is 1. The third kappa shape index (κ3) is 3.20. The van der Waals surface area contributed by atoms with Crippen molar-refractivity contribution in [2.24, 2.45) is 5.92 Å². The van der Waals surface area contributed by atoms with Crippen LogP contribution in [-0.2, 0) is 6.54 Å². The molecule has 0 unspecified atom stereocenters. The fourth-order valence-electron chi connectivity index (χ4n) is 1.64. The molecule has 6 heteroatoms. The molecule has 0 aromatic carbocycles. The van der Waals surface area contributed by atoms with Gasteiger partial charge in [-0.1, -0.05) is 25.2 Å². The average molecular weight is 278 g/mol. The molecule has 0 amide bonds. The Balaban J connectivity index is 2.26. The summed E-state index contributed by atoms with van der Waals surface area (Å²) >= 11 is 1.41. The molecule has 0 spiro atoms. The van der Waals surface area contributed by atoms with Crippen molar-refractivity contribution in [3.05, 3.63) is 28.7 Å². The first-order valence-electron chi connectivity index (χ1n) is 6.39. The lowest BCUT2D eigenvalue weighted by Crippen LogP contribution is -2.19. The van der Waals surface area contributed by atoms with Gasteiger partial charge in [-0.25, -0.2) is 0 Å². The number of hydrogen-bond donors (Lipinski definition) is 1. The van der Waals surface area contributed by atoms with Crippen molar-refractivity contribution >= 4 is 16.5 Å². The molecular formula is C13H18N4OS. The number of nitrogens with one attached hydrogen (secondary N) is 1. The molecule has 2 aromatic heterocycles. The number of aryl methyl sites for hydroxylation is 1. The van der Waals surface area contributed by atoms with Gasteiger partial charge in [-0.2, -0.15) is 0 Å². The van der Waals surface area contributed by atoms with E-state index >= 15 is 0 Å². The number of pyridine rings is 1. The second-order valence-electron chi connectivity index (χ2n) is 4.70. The van der Waals surface area contributed by atoms with Gasteiger partial charge in [-0.15, -0.1) is 10.2 Å². The predicted molar refractivity (Wildman–Crippen MR) is 78.6 cm³/mol. The molecule has 0 aliphatic rings. The first-order valence-corrected chi connectivity index (χ1v) is 7.20. The van der Waals surface area contributed by atoms with E-state index in [0.29, 0.717) is 23.0 Å². The van der Waals surface area contributed by atoms with Gasteiger partial charge < -0.3 is 9.88 Å². The van der Waals surface area contributed by atoms with Crippen LogP contribution in [0.2, 0.25) is 0 Å². The van der Waals surface area contributed by atoms with Crippen molar-refractivity contribution in [1.82, 2.24) is 14.8 Å². The van der Waals surface area contributed by atoms with Gasteiger partial charge in [0.05, 0.1) is 5.56 Å². The summed E-state index contributed by atoms with van der Waals surface area (Å²) in [7, 11) is 0. The molecule has 0 aliphatic carbocycles. The molecule has 0 atom stereocenters. The van der Waals surface area contributed by atoms with E-state index in [4.69, 9.17) is 0 Å². The first kappa shape index (κ1) is 13.7. The highest BCUT2D eigenvalue weighted by molar-refractivity contribution is 7.18. The molecular weight excluding hydrogens is 260 g/mol. The van der Waals surface area contributed by atoms with E-state index in [2.05, 4.69) is 29.4 Å². The van der Waals surface area contributed by atoms with E-state index < -0.39 is 0 Å². The Hall–Kier alpha value is -1.69. The highest BCUT2D eigenvalue weighted by Gasteiger charge is 2.11. The van der Waals surface area contributed by atoms with Crippen LogP contribution in [0.25, 0.3) is 10.6 Å². The number of hydrogen-bond acceptors (Lipinski definition) is 5. The monoisotopic (exact) mass is 278 g/mol. The van der Waals surface area contributed by atoms with Crippen LogP contribution in [0.5, 0.6) is 0 Å². The number of nitrogens with zero attached hydrogens (tertiary/aromatic N) is 3. The average Bonchev–Trinajstić information content (AvgIpc) is 2.85. The lowest BCUT2D eigenvalue weighted by atomic mass is 10.2. The minimum atomic E-state index is -0.0171. The van der Waals surface area contributed by atoms with Crippen LogP contribution in [0.3, 0.4) is 0 Å². The van der Waals surface area contributed by atoms with Crippen LogP contribution in [0.4, 0.5) is 5.13 Å². The standard InChI is InChI=1S/C13H18N4OS/c1-4-17-7-5-6-10(12(17)18)11-15-16-13(19-11)14-8-9(2)3/h5-7,9H,4,8H2,1-3H3,(H,14,16). The molecule has 2 rings (SSSR count). The molecule has 1 N–H and O–H groups in total. The predicted octanol–water partition coefficient (Wildman–Crippen LogP) is 2.45. The Labute approximate surface area is 116 Å². The topological polar surface area (TPSA) is 59.8 Å². The summed E-state index contributed by atoms with van der Waals surface area (Å²) in [5, 5.41) is 12.8. The molecule has 2 aromatic rings. The molecule has 102 valence electrons. The summed E-state index contributed by atoms with van der Waals surface area (Å²) in [6.45, 7) is 7.71. The zero-order valence-electron chi connectivity index (χ0n) is 11.4. The van der Waals surface area contributed by atoms with Crippen molar-refractivity contribution in [1.29, 1.82) is 0 Å². The van der Waals surface area contributed by atoms with Gasteiger partial charge in [0, 0.05) is 19.3 Å². The minimum Gasteiger partial charge on any atom is -0.360 e. The minimum absolute atomic E-state index is 0.0171. The summed E-state index contributed by atoms with van der Waals surface area (Å²) in [5.41, 5.74) is 0.594. The highest BCUT2D eigenvalue weighted by atomic mass is 32.1. The quantitative estimate of drug-likeness (QED) is 0.912. The Morgan fingerprint density at radius 1 is 1.42 bits per heavy atom. The smallest absolute Gasteiger partial charge is 0.260 e. The van der Waals surface area contributed by atoms with Crippen LogP contribution < -0.4 is 10.9 Å². The van der Waals surface area contributed by atoms with Gasteiger partial charge in [0.15, 0.2) is 5.01 Å². The zero-order chi connectivity index (χ0) is 13.8. The molecule has 0 saturated heterocycles. The Morgan fingerprint density at radius 3 is 2.89 bits per heavy atom. The molecule has 0 fully saturated rings. The van der Waals surface area contributed by atoms with Gasteiger partial charge in [-0.05, 0) is 25.0 Å². The van der Waals surface area contributed by atoms with Crippen LogP contribution in [0, 0.1) is 5.92 Å². The van der Waals surface area contributed by atoms with E-state index in [-0.39, 0.29) is 5.56 Å². The zero-order valence-corrected chi connectivity index (χ0v) is 12.2. The van der Waals surface area contributed by atoms with Gasteiger partial charge in [-0.3, -0.25) is 4.79 Å². The summed E-state index contributed by atoms with van der Waals surface area (Å²) in [5.74, 6) is 0.543. The lowest BCUT2D eigenvalue weighted by molar-refractivity contribution is 0.687. The second kappa shape index (κ2) is 5.97. The van der Waals surface area contributed by atoms with E-state index in [1.807, 2.05) is 13.0 Å². The van der Waals surface area contributed by atoms with E-state index in [9.17, 15) is 4.79 Å². The fourth-order valence-corrected chi connectivity index (χ4v) is 2.41. The number of rotatable bonds is 5. The van der Waals surface area contributed by atoms with Crippen LogP contribution in [0.1, 0.15) is 20.8 Å². The van der Waals surface area contributed by atoms with Gasteiger partial charge >= 0.3 is 0 Å². The molecule has 5 nitrogen and oxygen atoms in total. The summed E-state index contributed by atoms with van der Waals surface area (Å²) in [6.07, 6.45) is 1.78. The maximum atomic E-state index is 12.2. The Morgan fingerprint density at radius 2 is 2.21 bits per heavy atom. The molecule has 0 bridgehead atoms. The Bertz CT molecular complexity index is 603.